The second-order valence-corrected chi connectivity index (χ2v) is 14.5. The zero-order valence-electron chi connectivity index (χ0n) is 17.4. The van der Waals surface area contributed by atoms with Gasteiger partial charge in [-0.3, -0.25) is 5.50 Å². The average molecular weight is 495 g/mol. The Balaban J connectivity index is 1.50. The monoisotopic (exact) mass is 494 g/mol. The number of fused-ring (bicyclic) bond motifs is 2. The van der Waals surface area contributed by atoms with Crippen LogP contribution in [-0.2, 0) is 22.4 Å². The van der Waals surface area contributed by atoms with Gasteiger partial charge in [0, 0.05) is 17.6 Å². The van der Waals surface area contributed by atoms with Gasteiger partial charge in [0.1, 0.15) is 6.33 Å². The Morgan fingerprint density at radius 3 is 2.72 bits per heavy atom. The van der Waals surface area contributed by atoms with E-state index in [9.17, 15) is 8.42 Å². The van der Waals surface area contributed by atoms with Gasteiger partial charge in [0.05, 0.1) is 12.5 Å². The zero-order chi connectivity index (χ0) is 22.5. The summed E-state index contributed by atoms with van der Waals surface area (Å²) in [6.45, 7) is 2.64. The van der Waals surface area contributed by atoms with E-state index in [0.29, 0.717) is 47.6 Å². The standard InChI is InChI=1S/C19H23N6O4PS2/c1-2-11-7-13-14(29-10-28-13)8-15(11)31-19-24-16-17(20)22-9-23-18(16)25(19)5-6-30(21)32(26,27)12-3-4-12/h7-9,12H,2-6,10,21H2,1H3,(H2,20,22,23). The minimum atomic E-state index is -3.26. The van der Waals surface area contributed by atoms with Crippen molar-refractivity contribution >= 4 is 45.5 Å². The summed E-state index contributed by atoms with van der Waals surface area (Å²) in [7, 11) is -4.91. The third-order valence-electron chi connectivity index (χ3n) is 5.48. The fourth-order valence-electron chi connectivity index (χ4n) is 3.53. The van der Waals surface area contributed by atoms with E-state index in [0.717, 1.165) is 22.6 Å². The number of anilines is 1. The molecule has 1 fully saturated rings. The largest absolute Gasteiger partial charge is 0.454 e. The molecule has 13 heteroatoms. The summed E-state index contributed by atoms with van der Waals surface area (Å²) in [5, 5.41) is 0.374. The molecule has 1 aliphatic carbocycles. The van der Waals surface area contributed by atoms with Gasteiger partial charge in [-0.05, 0) is 37.0 Å². The number of nitrogens with zero attached hydrogens (tertiary/aromatic N) is 4. The minimum absolute atomic E-state index is 0.201. The molecule has 1 aromatic carbocycles. The Bertz CT molecular complexity index is 1290. The Kier molecular flexibility index (Phi) is 5.65. The lowest BCUT2D eigenvalue weighted by Crippen LogP contribution is -2.15. The Hall–Kier alpha value is -2.14. The average Bonchev–Trinajstić information content (AvgIpc) is 3.45. The Labute approximate surface area is 190 Å². The molecule has 0 saturated heterocycles. The molecule has 32 heavy (non-hydrogen) atoms. The van der Waals surface area contributed by atoms with E-state index in [4.69, 9.17) is 20.7 Å². The topological polar surface area (TPSA) is 148 Å². The molecule has 10 nitrogen and oxygen atoms in total. The van der Waals surface area contributed by atoms with Crippen LogP contribution in [0.5, 0.6) is 11.5 Å². The lowest BCUT2D eigenvalue weighted by molar-refractivity contribution is 0.174. The number of nitrogen functional groups attached to an aromatic ring is 1. The lowest BCUT2D eigenvalue weighted by atomic mass is 10.1. The van der Waals surface area contributed by atoms with E-state index in [1.165, 1.54) is 18.1 Å². The molecule has 1 atom stereocenters. The van der Waals surface area contributed by atoms with Gasteiger partial charge in [0.25, 0.3) is 0 Å². The van der Waals surface area contributed by atoms with Crippen LogP contribution in [0.3, 0.4) is 0 Å². The van der Waals surface area contributed by atoms with Crippen molar-refractivity contribution in [2.45, 2.75) is 48.0 Å². The van der Waals surface area contributed by atoms with Crippen LogP contribution in [0.15, 0.2) is 28.5 Å². The molecule has 170 valence electrons. The highest BCUT2D eigenvalue weighted by molar-refractivity contribution is 8.49. The van der Waals surface area contributed by atoms with E-state index in [1.807, 2.05) is 16.7 Å². The third kappa shape index (κ3) is 3.89. The maximum Gasteiger partial charge on any atom is 0.231 e. The van der Waals surface area contributed by atoms with Crippen LogP contribution in [0.25, 0.3) is 11.2 Å². The van der Waals surface area contributed by atoms with Crippen molar-refractivity contribution in [2.24, 2.45) is 5.50 Å². The van der Waals surface area contributed by atoms with Crippen molar-refractivity contribution in [3.63, 3.8) is 0 Å². The first-order chi connectivity index (χ1) is 15.4. The summed E-state index contributed by atoms with van der Waals surface area (Å²) in [6.07, 6.45) is 3.92. The maximum absolute atomic E-state index is 12.5. The number of rotatable bonds is 8. The molecule has 0 spiro atoms. The molecule has 2 aliphatic rings. The van der Waals surface area contributed by atoms with Gasteiger partial charge in [-0.25, -0.2) is 23.4 Å². The minimum Gasteiger partial charge on any atom is -0.454 e. The van der Waals surface area contributed by atoms with Crippen molar-refractivity contribution < 1.29 is 17.9 Å². The number of benzene rings is 1. The van der Waals surface area contributed by atoms with Crippen LogP contribution < -0.4 is 20.7 Å². The van der Waals surface area contributed by atoms with Crippen molar-refractivity contribution in [3.8, 4) is 11.5 Å². The molecule has 0 amide bonds. The molecule has 1 saturated carbocycles. The second-order valence-electron chi connectivity index (χ2n) is 7.60. The predicted molar refractivity (Wildman–Crippen MR) is 124 cm³/mol. The molecule has 1 unspecified atom stereocenters. The van der Waals surface area contributed by atoms with Crippen molar-refractivity contribution in [1.82, 2.24) is 19.5 Å². The molecule has 3 aromatic rings. The summed E-state index contributed by atoms with van der Waals surface area (Å²) >= 11 is 1.45. The number of hydrogen-bond acceptors (Lipinski definition) is 10. The Morgan fingerprint density at radius 1 is 1.25 bits per heavy atom. The summed E-state index contributed by atoms with van der Waals surface area (Å²) in [5.41, 5.74) is 14.3. The molecule has 2 aromatic heterocycles. The smallest absolute Gasteiger partial charge is 0.231 e. The highest BCUT2D eigenvalue weighted by Gasteiger charge is 2.39. The summed E-state index contributed by atoms with van der Waals surface area (Å²) < 4.78 is 38.0. The van der Waals surface area contributed by atoms with Crippen LogP contribution in [-0.4, -0.2) is 46.1 Å². The van der Waals surface area contributed by atoms with Gasteiger partial charge in [0.2, 0.25) is 6.79 Å². The van der Waals surface area contributed by atoms with Gasteiger partial charge < -0.3 is 19.8 Å². The molecular weight excluding hydrogens is 471 g/mol. The van der Waals surface area contributed by atoms with Gasteiger partial charge in [0.15, 0.2) is 43.1 Å². The first-order valence-electron chi connectivity index (χ1n) is 10.2. The van der Waals surface area contributed by atoms with Gasteiger partial charge in [-0.1, -0.05) is 18.7 Å². The molecule has 1 aliphatic heterocycles. The summed E-state index contributed by atoms with van der Waals surface area (Å²) in [5.74, 6) is 1.69. The quantitative estimate of drug-likeness (QED) is 0.448. The zero-order valence-corrected chi connectivity index (χ0v) is 19.9. The van der Waals surface area contributed by atoms with E-state index < -0.39 is 16.7 Å². The molecule has 5 rings (SSSR count). The highest BCUT2D eigenvalue weighted by Crippen LogP contribution is 2.46. The van der Waals surface area contributed by atoms with Gasteiger partial charge >= 0.3 is 0 Å². The molecular formula is C19H23N6O4PS2. The molecule has 0 radical (unpaired) electrons. The van der Waals surface area contributed by atoms with Gasteiger partial charge in [-0.2, -0.15) is 0 Å². The van der Waals surface area contributed by atoms with E-state index in [-0.39, 0.29) is 17.9 Å². The lowest BCUT2D eigenvalue weighted by Gasteiger charge is -2.15. The van der Waals surface area contributed by atoms with Crippen LogP contribution in [0.1, 0.15) is 25.3 Å². The number of imidazole rings is 1. The van der Waals surface area contributed by atoms with Crippen molar-refractivity contribution in [3.05, 3.63) is 24.0 Å². The number of aryl methyl sites for hydroxylation is 2. The molecule has 3 heterocycles. The summed E-state index contributed by atoms with van der Waals surface area (Å²) in [6, 6.07) is 3.92. The molecule has 4 N–H and O–H groups in total. The normalized spacial score (nSPS) is 16.6. The van der Waals surface area contributed by atoms with E-state index >= 15 is 0 Å². The van der Waals surface area contributed by atoms with E-state index in [1.54, 1.807) is 0 Å². The van der Waals surface area contributed by atoms with Crippen LogP contribution in [0, 0.1) is 0 Å². The Morgan fingerprint density at radius 2 is 2.00 bits per heavy atom. The number of nitrogens with two attached hydrogens (primary N) is 2. The van der Waals surface area contributed by atoms with Crippen molar-refractivity contribution in [2.75, 3.05) is 18.7 Å². The maximum atomic E-state index is 12.5. The van der Waals surface area contributed by atoms with Crippen LogP contribution >= 0.6 is 19.0 Å². The van der Waals surface area contributed by atoms with Crippen LogP contribution in [0.2, 0.25) is 0 Å². The second kappa shape index (κ2) is 8.33. The molecule has 0 bridgehead atoms. The first kappa shape index (κ1) is 21.7. The number of aromatic nitrogens is 4. The van der Waals surface area contributed by atoms with E-state index in [2.05, 4.69) is 21.9 Å². The van der Waals surface area contributed by atoms with Crippen molar-refractivity contribution in [1.29, 1.82) is 0 Å². The summed E-state index contributed by atoms with van der Waals surface area (Å²) in [4.78, 5) is 14.1. The predicted octanol–water partition coefficient (Wildman–Crippen LogP) is 2.70. The highest BCUT2D eigenvalue weighted by atomic mass is 32.8. The van der Waals surface area contributed by atoms with Crippen LogP contribution in [0.4, 0.5) is 5.82 Å². The van der Waals surface area contributed by atoms with Gasteiger partial charge in [-0.15, -0.1) is 0 Å². The SMILES string of the molecule is CCc1cc2c(cc1Sc1nc3c(N)ncnc3n1CCP(N)S(=O)(=O)C1CC1)OCO2. The fraction of sp³-hybridized carbons (Fsp3) is 0.421. The third-order valence-corrected chi connectivity index (χ3v) is 12.6. The first-order valence-corrected chi connectivity index (χ1v) is 14.8. The number of hydrogen-bond donors (Lipinski definition) is 2. The number of ether oxygens (including phenoxy) is 2. The fourth-order valence-corrected chi connectivity index (χ4v) is 9.21.